The second kappa shape index (κ2) is 7.71. The highest BCUT2D eigenvalue weighted by Crippen LogP contribution is 2.32. The Morgan fingerprint density at radius 2 is 1.85 bits per heavy atom. The third kappa shape index (κ3) is 3.78. The van der Waals surface area contributed by atoms with E-state index in [1.165, 1.54) is 33.4 Å². The van der Waals surface area contributed by atoms with Crippen molar-refractivity contribution in [1.82, 2.24) is 4.31 Å². The van der Waals surface area contributed by atoms with Crippen molar-refractivity contribution in [2.45, 2.75) is 18.4 Å². The minimum Gasteiger partial charge on any atom is -0.493 e. The first-order valence-corrected chi connectivity index (χ1v) is 9.07. The van der Waals surface area contributed by atoms with Crippen LogP contribution >= 0.6 is 0 Å². The third-order valence-corrected chi connectivity index (χ3v) is 5.76. The van der Waals surface area contributed by atoms with Gasteiger partial charge in [-0.1, -0.05) is 18.2 Å². The van der Waals surface area contributed by atoms with Gasteiger partial charge >= 0.3 is 0 Å². The number of nitrogens with zero attached hydrogens (tertiary/aromatic N) is 2. The van der Waals surface area contributed by atoms with Crippen LogP contribution in [0.25, 0.3) is 0 Å². The van der Waals surface area contributed by atoms with Crippen LogP contribution in [-0.4, -0.2) is 38.9 Å². The SMILES string of the molecule is COc1cccc(CN(C)S(=O)(=O)c2ccc(C)c([N+](=O)[O-])c2)c1OC. The summed E-state index contributed by atoms with van der Waals surface area (Å²) in [5.41, 5.74) is 0.768. The van der Waals surface area contributed by atoms with Crippen molar-refractivity contribution in [3.05, 3.63) is 57.6 Å². The topological polar surface area (TPSA) is 99.0 Å². The Bertz CT molecular complexity index is 927. The lowest BCUT2D eigenvalue weighted by Gasteiger charge is -2.20. The number of hydrogen-bond donors (Lipinski definition) is 0. The fraction of sp³-hybridized carbons (Fsp3) is 0.294. The van der Waals surface area contributed by atoms with Gasteiger partial charge in [-0.25, -0.2) is 8.42 Å². The number of nitro groups is 1. The number of sulfonamides is 1. The maximum absolute atomic E-state index is 12.8. The van der Waals surface area contributed by atoms with Crippen LogP contribution in [0.2, 0.25) is 0 Å². The van der Waals surface area contributed by atoms with Gasteiger partial charge in [0.05, 0.1) is 24.0 Å². The second-order valence-electron chi connectivity index (χ2n) is 5.62. The van der Waals surface area contributed by atoms with Crippen molar-refractivity contribution >= 4 is 15.7 Å². The van der Waals surface area contributed by atoms with Crippen LogP contribution in [0.15, 0.2) is 41.3 Å². The minimum atomic E-state index is -3.92. The van der Waals surface area contributed by atoms with Gasteiger partial charge in [0.25, 0.3) is 5.69 Å². The van der Waals surface area contributed by atoms with E-state index < -0.39 is 14.9 Å². The average Bonchev–Trinajstić information content (AvgIpc) is 2.61. The van der Waals surface area contributed by atoms with E-state index in [1.807, 2.05) is 0 Å². The molecule has 9 heteroatoms. The van der Waals surface area contributed by atoms with Crippen molar-refractivity contribution in [2.75, 3.05) is 21.3 Å². The largest absolute Gasteiger partial charge is 0.493 e. The molecule has 0 N–H and O–H groups in total. The lowest BCUT2D eigenvalue weighted by Crippen LogP contribution is -2.26. The zero-order valence-electron chi connectivity index (χ0n) is 14.9. The van der Waals surface area contributed by atoms with Gasteiger partial charge in [-0.15, -0.1) is 0 Å². The fourth-order valence-corrected chi connectivity index (χ4v) is 3.70. The molecule has 0 saturated carbocycles. The monoisotopic (exact) mass is 380 g/mol. The molecule has 2 aromatic carbocycles. The lowest BCUT2D eigenvalue weighted by molar-refractivity contribution is -0.385. The molecule has 0 saturated heterocycles. The summed E-state index contributed by atoms with van der Waals surface area (Å²) in [5.74, 6) is 0.925. The molecule has 0 aliphatic heterocycles. The predicted octanol–water partition coefficient (Wildman–Crippen LogP) is 2.74. The Balaban J connectivity index is 2.39. The van der Waals surface area contributed by atoms with E-state index in [0.29, 0.717) is 22.6 Å². The van der Waals surface area contributed by atoms with E-state index >= 15 is 0 Å². The average molecular weight is 380 g/mol. The molecule has 0 heterocycles. The normalized spacial score (nSPS) is 11.4. The zero-order valence-corrected chi connectivity index (χ0v) is 15.7. The molecule has 0 aliphatic rings. The maximum Gasteiger partial charge on any atom is 0.273 e. The highest BCUT2D eigenvalue weighted by molar-refractivity contribution is 7.89. The third-order valence-electron chi connectivity index (χ3n) is 3.96. The van der Waals surface area contributed by atoms with Crippen LogP contribution in [0.1, 0.15) is 11.1 Å². The summed E-state index contributed by atoms with van der Waals surface area (Å²) in [5, 5.41) is 11.1. The molecule has 0 amide bonds. The highest BCUT2D eigenvalue weighted by Gasteiger charge is 2.25. The van der Waals surface area contributed by atoms with Gasteiger partial charge in [-0.3, -0.25) is 10.1 Å². The Hall–Kier alpha value is -2.65. The van der Waals surface area contributed by atoms with Gasteiger partial charge in [0.2, 0.25) is 10.0 Å². The van der Waals surface area contributed by atoms with Crippen molar-refractivity contribution in [2.24, 2.45) is 0 Å². The molecule has 0 aliphatic carbocycles. The van der Waals surface area contributed by atoms with Crippen molar-refractivity contribution < 1.29 is 22.8 Å². The molecule has 26 heavy (non-hydrogen) atoms. The predicted molar refractivity (Wildman–Crippen MR) is 96.0 cm³/mol. The van der Waals surface area contributed by atoms with Crippen LogP contribution in [0.5, 0.6) is 11.5 Å². The molecule has 0 bridgehead atoms. The Morgan fingerprint density at radius 3 is 2.42 bits per heavy atom. The number of hydrogen-bond acceptors (Lipinski definition) is 6. The first-order chi connectivity index (χ1) is 12.2. The Morgan fingerprint density at radius 1 is 1.15 bits per heavy atom. The maximum atomic E-state index is 12.8. The van der Waals surface area contributed by atoms with Crippen LogP contribution < -0.4 is 9.47 Å². The van der Waals surface area contributed by atoms with Crippen LogP contribution in [0.3, 0.4) is 0 Å². The lowest BCUT2D eigenvalue weighted by atomic mass is 10.2. The molecule has 0 atom stereocenters. The van der Waals surface area contributed by atoms with Crippen molar-refractivity contribution in [3.63, 3.8) is 0 Å². The van der Waals surface area contributed by atoms with Crippen molar-refractivity contribution in [3.8, 4) is 11.5 Å². The summed E-state index contributed by atoms with van der Waals surface area (Å²) in [6.45, 7) is 1.57. The Kier molecular flexibility index (Phi) is 5.83. The quantitative estimate of drug-likeness (QED) is 0.541. The molecule has 2 aromatic rings. The summed E-state index contributed by atoms with van der Waals surface area (Å²) >= 11 is 0. The first-order valence-electron chi connectivity index (χ1n) is 7.63. The zero-order chi connectivity index (χ0) is 19.5. The summed E-state index contributed by atoms with van der Waals surface area (Å²) in [6, 6.07) is 9.02. The standard InChI is InChI=1S/C17H20N2O6S/c1-12-8-9-14(10-15(12)19(20)21)26(22,23)18(2)11-13-6-5-7-16(24-3)17(13)25-4/h5-10H,11H2,1-4H3. The number of rotatable bonds is 7. The molecule has 140 valence electrons. The van der Waals surface area contributed by atoms with Gasteiger partial charge in [0, 0.05) is 30.8 Å². The van der Waals surface area contributed by atoms with Crippen molar-refractivity contribution in [1.29, 1.82) is 0 Å². The highest BCUT2D eigenvalue weighted by atomic mass is 32.2. The molecule has 8 nitrogen and oxygen atoms in total. The van der Waals surface area contributed by atoms with Crippen LogP contribution in [-0.2, 0) is 16.6 Å². The second-order valence-corrected chi connectivity index (χ2v) is 7.66. The van der Waals surface area contributed by atoms with Gasteiger partial charge in [-0.2, -0.15) is 4.31 Å². The van der Waals surface area contributed by atoms with E-state index in [-0.39, 0.29) is 17.1 Å². The molecule has 0 radical (unpaired) electrons. The number of aryl methyl sites for hydroxylation is 1. The Labute approximate surface area is 152 Å². The number of para-hydroxylation sites is 1. The van der Waals surface area contributed by atoms with Gasteiger partial charge < -0.3 is 9.47 Å². The summed E-state index contributed by atoms with van der Waals surface area (Å²) in [7, 11) is 0.446. The molecule has 0 aromatic heterocycles. The summed E-state index contributed by atoms with van der Waals surface area (Å²) < 4.78 is 37.3. The van der Waals surface area contributed by atoms with E-state index in [0.717, 1.165) is 10.4 Å². The number of ether oxygens (including phenoxy) is 2. The molecule has 2 rings (SSSR count). The van der Waals surface area contributed by atoms with Gasteiger partial charge in [0.1, 0.15) is 0 Å². The number of benzene rings is 2. The first kappa shape index (κ1) is 19.7. The van der Waals surface area contributed by atoms with E-state index in [2.05, 4.69) is 0 Å². The molecule has 0 spiro atoms. The molecular formula is C17H20N2O6S. The van der Waals surface area contributed by atoms with Gasteiger partial charge in [0.15, 0.2) is 11.5 Å². The van der Waals surface area contributed by atoms with E-state index in [4.69, 9.17) is 9.47 Å². The minimum absolute atomic E-state index is 0.0182. The van der Waals surface area contributed by atoms with Gasteiger partial charge in [-0.05, 0) is 19.1 Å². The number of methoxy groups -OCH3 is 2. The smallest absolute Gasteiger partial charge is 0.273 e. The van der Waals surface area contributed by atoms with Crippen LogP contribution in [0.4, 0.5) is 5.69 Å². The summed E-state index contributed by atoms with van der Waals surface area (Å²) in [6.07, 6.45) is 0. The van der Waals surface area contributed by atoms with E-state index in [9.17, 15) is 18.5 Å². The summed E-state index contributed by atoms with van der Waals surface area (Å²) in [4.78, 5) is 10.3. The van der Waals surface area contributed by atoms with E-state index in [1.54, 1.807) is 25.1 Å². The van der Waals surface area contributed by atoms with Crippen LogP contribution in [0, 0.1) is 17.0 Å². The molecule has 0 fully saturated rings. The molecular weight excluding hydrogens is 360 g/mol. The molecule has 0 unspecified atom stereocenters. The fourth-order valence-electron chi connectivity index (χ4n) is 2.53. The number of nitro benzene ring substituents is 1.